The van der Waals surface area contributed by atoms with Gasteiger partial charge in [-0.2, -0.15) is 0 Å². The molecular weight excluding hydrogens is 628 g/mol. The van der Waals surface area contributed by atoms with Crippen LogP contribution in [0.1, 0.15) is 151 Å². The Kier molecular flexibility index (Phi) is 11.2. The number of aliphatic hydroxyl groups excluding tert-OH is 1. The van der Waals surface area contributed by atoms with Crippen molar-refractivity contribution in [1.82, 2.24) is 0 Å². The predicted octanol–water partition coefficient (Wildman–Crippen LogP) is 9.98. The van der Waals surface area contributed by atoms with Crippen LogP contribution in [0.4, 0.5) is 0 Å². The van der Waals surface area contributed by atoms with Gasteiger partial charge in [0.05, 0.1) is 5.56 Å². The fourth-order valence-corrected chi connectivity index (χ4v) is 8.41. The van der Waals surface area contributed by atoms with Crippen molar-refractivity contribution in [3.8, 4) is 23.0 Å². The van der Waals surface area contributed by atoms with Gasteiger partial charge in [0, 0.05) is 17.1 Å². The molecule has 1 aliphatic heterocycles. The maximum absolute atomic E-state index is 14.4. The van der Waals surface area contributed by atoms with E-state index < -0.39 is 23.3 Å². The van der Waals surface area contributed by atoms with Crippen molar-refractivity contribution in [2.24, 2.45) is 5.92 Å². The molecule has 4 N–H and O–H groups in total. The fraction of sp³-hybridized carbons (Fsp3) is 0.558. The molecule has 0 radical (unpaired) electrons. The highest BCUT2D eigenvalue weighted by Gasteiger charge is 2.51. The van der Waals surface area contributed by atoms with E-state index >= 15 is 0 Å². The summed E-state index contributed by atoms with van der Waals surface area (Å²) in [4.78, 5) is 14.4. The Balaban J connectivity index is 1.55. The number of benzene rings is 2. The third-order valence-electron chi connectivity index (χ3n) is 11.3. The second-order valence-corrected chi connectivity index (χ2v) is 15.7. The van der Waals surface area contributed by atoms with Crippen molar-refractivity contribution < 1.29 is 34.7 Å². The first-order valence-electron chi connectivity index (χ1n) is 18.7. The molecule has 0 spiro atoms. The molecule has 3 aliphatic rings. The van der Waals surface area contributed by atoms with Crippen molar-refractivity contribution >= 4 is 11.5 Å². The monoisotopic (exact) mass is 686 g/mol. The van der Waals surface area contributed by atoms with Gasteiger partial charge in [-0.05, 0) is 127 Å². The van der Waals surface area contributed by atoms with Crippen molar-refractivity contribution in [1.29, 1.82) is 0 Å². The van der Waals surface area contributed by atoms with E-state index in [-0.39, 0.29) is 34.6 Å². The summed E-state index contributed by atoms with van der Waals surface area (Å²) in [5, 5.41) is 47.0. The average molecular weight is 687 g/mol. The molecule has 50 heavy (non-hydrogen) atoms. The number of fused-ring (bicyclic) bond motifs is 2. The van der Waals surface area contributed by atoms with Gasteiger partial charge in [0.1, 0.15) is 45.9 Å². The number of carbonyl (C=O) groups excluding carboxylic acids is 1. The van der Waals surface area contributed by atoms with Gasteiger partial charge in [0.15, 0.2) is 0 Å². The van der Waals surface area contributed by atoms with Crippen molar-refractivity contribution in [2.75, 3.05) is 0 Å². The van der Waals surface area contributed by atoms with Gasteiger partial charge < -0.3 is 29.9 Å². The van der Waals surface area contributed by atoms with Gasteiger partial charge in [-0.1, -0.05) is 63.3 Å². The molecule has 0 saturated heterocycles. The molecule has 4 atom stereocenters. The molecule has 0 aromatic heterocycles. The lowest BCUT2D eigenvalue weighted by Gasteiger charge is -2.47. The molecule has 2 aromatic carbocycles. The van der Waals surface area contributed by atoms with E-state index in [1.165, 1.54) is 0 Å². The summed E-state index contributed by atoms with van der Waals surface area (Å²) >= 11 is 0. The molecule has 7 heteroatoms. The van der Waals surface area contributed by atoms with Crippen LogP contribution in [-0.2, 0) is 17.6 Å². The lowest BCUT2D eigenvalue weighted by molar-refractivity contribution is -0.0694. The van der Waals surface area contributed by atoms with E-state index in [0.29, 0.717) is 47.3 Å². The Labute approximate surface area is 298 Å². The highest BCUT2D eigenvalue weighted by Crippen LogP contribution is 2.54. The first kappa shape index (κ1) is 37.5. The molecule has 0 saturated carbocycles. The van der Waals surface area contributed by atoms with Crippen LogP contribution in [0, 0.1) is 5.92 Å². The van der Waals surface area contributed by atoms with Crippen molar-refractivity contribution in [3.05, 3.63) is 75.4 Å². The number of unbranched alkanes of at least 4 members (excludes halogenated alkanes) is 4. The number of esters is 1. The van der Waals surface area contributed by atoms with Crippen molar-refractivity contribution in [3.63, 3.8) is 0 Å². The Morgan fingerprint density at radius 1 is 0.980 bits per heavy atom. The Hall–Kier alpha value is -3.71. The molecule has 0 amide bonds. The van der Waals surface area contributed by atoms with Crippen LogP contribution >= 0.6 is 0 Å². The molecular formula is C43H58O7. The number of ether oxygens (including phenoxy) is 2. The number of allylic oxidation sites excluding steroid dienone is 3. The summed E-state index contributed by atoms with van der Waals surface area (Å²) in [5.41, 5.74) is 3.64. The predicted molar refractivity (Wildman–Crippen MR) is 199 cm³/mol. The molecule has 5 rings (SSSR count). The molecule has 0 fully saturated rings. The highest BCUT2D eigenvalue weighted by atomic mass is 16.6. The molecule has 1 heterocycles. The Morgan fingerprint density at radius 3 is 2.32 bits per heavy atom. The fourth-order valence-electron chi connectivity index (χ4n) is 8.41. The maximum atomic E-state index is 14.4. The topological polar surface area (TPSA) is 116 Å². The summed E-state index contributed by atoms with van der Waals surface area (Å²) in [5.74, 6) is -0.876. The van der Waals surface area contributed by atoms with Gasteiger partial charge in [-0.25, -0.2) is 4.79 Å². The summed E-state index contributed by atoms with van der Waals surface area (Å²) in [6.07, 6.45) is 10.4. The van der Waals surface area contributed by atoms with Gasteiger partial charge in [-0.3, -0.25) is 0 Å². The average Bonchev–Trinajstić information content (AvgIpc) is 3.02. The number of phenolic OH excluding ortho intramolecular Hbond substituents is 3. The molecule has 2 aliphatic carbocycles. The second-order valence-electron chi connectivity index (χ2n) is 15.7. The zero-order valence-corrected chi connectivity index (χ0v) is 31.2. The lowest BCUT2D eigenvalue weighted by Crippen LogP contribution is -2.50. The van der Waals surface area contributed by atoms with Crippen LogP contribution in [0.25, 0.3) is 5.57 Å². The Morgan fingerprint density at radius 2 is 1.66 bits per heavy atom. The first-order valence-corrected chi connectivity index (χ1v) is 18.7. The zero-order chi connectivity index (χ0) is 36.5. The van der Waals surface area contributed by atoms with Crippen LogP contribution in [0.2, 0.25) is 0 Å². The third-order valence-corrected chi connectivity index (χ3v) is 11.3. The zero-order valence-electron chi connectivity index (χ0n) is 31.2. The van der Waals surface area contributed by atoms with Crippen LogP contribution in [0.5, 0.6) is 23.0 Å². The standard InChI is InChI=1S/C43H58O7/c1-9-11-13-15-27-22-32(44)38-34(23-27)49-42(6,7)31-19-20-43(8,40(47)37(31)38)50-41(48)35-28(16-14-12-10-2)24-33(45)36(39(35)46)30-21-26(5)17-18-29(30)25(3)4/h21-24,29-30,40,44-47H,3,9-20H2,1-2,4-8H3/t29-,30+,40?,43?/m0/s1. The minimum absolute atomic E-state index is 0.00913. The quantitative estimate of drug-likeness (QED) is 0.0998. The normalized spacial score (nSPS) is 24.2. The smallest absolute Gasteiger partial charge is 0.342 e. The van der Waals surface area contributed by atoms with E-state index in [1.54, 1.807) is 19.1 Å². The number of aromatic hydroxyl groups is 3. The number of rotatable bonds is 12. The second kappa shape index (κ2) is 14.9. The molecule has 2 aromatic rings. The number of hydrogen-bond donors (Lipinski definition) is 4. The van der Waals surface area contributed by atoms with E-state index in [2.05, 4.69) is 26.5 Å². The summed E-state index contributed by atoms with van der Waals surface area (Å²) < 4.78 is 12.8. The van der Waals surface area contributed by atoms with Crippen LogP contribution in [0.3, 0.4) is 0 Å². The number of aliphatic hydroxyl groups is 1. The van der Waals surface area contributed by atoms with E-state index in [0.717, 1.165) is 80.1 Å². The van der Waals surface area contributed by atoms with Gasteiger partial charge in [0.2, 0.25) is 0 Å². The van der Waals surface area contributed by atoms with Crippen LogP contribution < -0.4 is 4.74 Å². The van der Waals surface area contributed by atoms with E-state index in [4.69, 9.17) is 9.47 Å². The number of phenols is 3. The highest BCUT2D eigenvalue weighted by molar-refractivity contribution is 5.96. The Bertz CT molecular complexity index is 1700. The van der Waals surface area contributed by atoms with E-state index in [9.17, 15) is 25.2 Å². The van der Waals surface area contributed by atoms with E-state index in [1.807, 2.05) is 33.8 Å². The summed E-state index contributed by atoms with van der Waals surface area (Å²) in [7, 11) is 0. The van der Waals surface area contributed by atoms with Crippen molar-refractivity contribution in [2.45, 2.75) is 149 Å². The van der Waals surface area contributed by atoms with Gasteiger partial charge >= 0.3 is 5.97 Å². The number of aryl methyl sites for hydroxylation is 2. The summed E-state index contributed by atoms with van der Waals surface area (Å²) in [6, 6.07) is 5.32. The minimum Gasteiger partial charge on any atom is -0.507 e. The van der Waals surface area contributed by atoms with Gasteiger partial charge in [0.25, 0.3) is 0 Å². The number of carbonyl (C=O) groups is 1. The maximum Gasteiger partial charge on any atom is 0.342 e. The minimum atomic E-state index is -1.38. The van der Waals surface area contributed by atoms with Crippen LogP contribution in [-0.4, -0.2) is 43.7 Å². The number of hydrogen-bond acceptors (Lipinski definition) is 7. The SMILES string of the molecule is C=C(C)[C@@H]1CCC(C)=C[C@H]1c1c(O)cc(CCCCC)c(C(=O)OC2(C)CCC3=C(c4c(O)cc(CCCCC)cc4OC3(C)C)C2O)c1O. The molecule has 7 nitrogen and oxygen atoms in total. The summed E-state index contributed by atoms with van der Waals surface area (Å²) in [6.45, 7) is 18.1. The molecule has 272 valence electrons. The lowest BCUT2D eigenvalue weighted by atomic mass is 9.70. The molecule has 2 unspecified atom stereocenters. The van der Waals surface area contributed by atoms with Gasteiger partial charge in [-0.15, -0.1) is 0 Å². The molecule has 0 bridgehead atoms. The third kappa shape index (κ3) is 7.21. The van der Waals surface area contributed by atoms with Crippen LogP contribution in [0.15, 0.2) is 47.6 Å². The first-order chi connectivity index (χ1) is 23.6. The largest absolute Gasteiger partial charge is 0.507 e.